The van der Waals surface area contributed by atoms with Gasteiger partial charge in [-0.25, -0.2) is 4.98 Å². The van der Waals surface area contributed by atoms with E-state index in [2.05, 4.69) is 44.6 Å². The number of piperazine rings is 1. The van der Waals surface area contributed by atoms with E-state index in [-0.39, 0.29) is 0 Å². The number of nitrogens with one attached hydrogen (secondary N) is 2. The van der Waals surface area contributed by atoms with Crippen molar-refractivity contribution in [2.45, 2.75) is 6.42 Å². The van der Waals surface area contributed by atoms with E-state index in [1.165, 1.54) is 0 Å². The fourth-order valence-corrected chi connectivity index (χ4v) is 3.93. The lowest BCUT2D eigenvalue weighted by Crippen LogP contribution is -2.45. The van der Waals surface area contributed by atoms with Crippen LogP contribution in [-0.4, -0.2) is 72.6 Å². The minimum absolute atomic E-state index is 0.642. The van der Waals surface area contributed by atoms with E-state index in [0.717, 1.165) is 79.5 Å². The molecule has 30 heavy (non-hydrogen) atoms. The fraction of sp³-hybridized carbons (Fsp3) is 0.391. The largest absolute Gasteiger partial charge is 0.368 e. The molecule has 0 aliphatic carbocycles. The summed E-state index contributed by atoms with van der Waals surface area (Å²) in [7, 11) is 2.18. The maximum Gasteiger partial charge on any atom is 0.225 e. The maximum atomic E-state index is 6.26. The van der Waals surface area contributed by atoms with E-state index in [1.807, 2.05) is 36.4 Å². The Balaban J connectivity index is 1.39. The van der Waals surface area contributed by atoms with Crippen LogP contribution in [0.1, 0.15) is 5.56 Å². The molecule has 0 unspecified atom stereocenters. The van der Waals surface area contributed by atoms with Gasteiger partial charge in [-0.2, -0.15) is 4.98 Å². The number of benzene rings is 2. The molecule has 1 fully saturated rings. The molecule has 3 aromatic rings. The van der Waals surface area contributed by atoms with Gasteiger partial charge >= 0.3 is 0 Å². The molecule has 1 aliphatic rings. The molecule has 1 aliphatic heterocycles. The molecule has 6 nitrogen and oxygen atoms in total. The smallest absolute Gasteiger partial charge is 0.225 e. The highest BCUT2D eigenvalue weighted by Crippen LogP contribution is 2.22. The summed E-state index contributed by atoms with van der Waals surface area (Å²) in [5.74, 6) is 1.53. The Morgan fingerprint density at radius 1 is 0.900 bits per heavy atom. The summed E-state index contributed by atoms with van der Waals surface area (Å²) < 4.78 is 0. The average molecular weight is 425 g/mol. The molecule has 0 saturated carbocycles. The van der Waals surface area contributed by atoms with Gasteiger partial charge in [-0.3, -0.25) is 4.90 Å². The lowest BCUT2D eigenvalue weighted by molar-refractivity contribution is 0.158. The molecule has 2 aromatic carbocycles. The summed E-state index contributed by atoms with van der Waals surface area (Å²) in [4.78, 5) is 14.3. The molecule has 1 aromatic heterocycles. The third kappa shape index (κ3) is 5.39. The van der Waals surface area contributed by atoms with Crippen molar-refractivity contribution in [2.75, 3.05) is 63.5 Å². The number of hydrogen-bond acceptors (Lipinski definition) is 6. The summed E-state index contributed by atoms with van der Waals surface area (Å²) in [5.41, 5.74) is 2.06. The van der Waals surface area contributed by atoms with Crippen molar-refractivity contribution in [3.05, 3.63) is 59.1 Å². The molecular formula is C23H29ClN6. The summed E-state index contributed by atoms with van der Waals surface area (Å²) in [6.07, 6.45) is 0.821. The maximum absolute atomic E-state index is 6.26. The molecule has 0 spiro atoms. The second-order valence-electron chi connectivity index (χ2n) is 7.75. The number of para-hydroxylation sites is 1. The van der Waals surface area contributed by atoms with Crippen LogP contribution in [0.15, 0.2) is 48.5 Å². The van der Waals surface area contributed by atoms with Crippen LogP contribution in [0.4, 0.5) is 11.8 Å². The number of rotatable bonds is 8. The summed E-state index contributed by atoms with van der Waals surface area (Å²) in [6.45, 7) is 7.12. The minimum atomic E-state index is 0.642. The quantitative estimate of drug-likeness (QED) is 0.576. The molecule has 1 saturated heterocycles. The van der Waals surface area contributed by atoms with Gasteiger partial charge < -0.3 is 15.5 Å². The fourth-order valence-electron chi connectivity index (χ4n) is 3.70. The number of nitrogens with zero attached hydrogens (tertiary/aromatic N) is 4. The Labute approximate surface area is 183 Å². The van der Waals surface area contributed by atoms with Gasteiger partial charge in [-0.05, 0) is 37.2 Å². The highest BCUT2D eigenvalue weighted by molar-refractivity contribution is 6.31. The van der Waals surface area contributed by atoms with Crippen LogP contribution < -0.4 is 10.6 Å². The summed E-state index contributed by atoms with van der Waals surface area (Å²) >= 11 is 6.26. The van der Waals surface area contributed by atoms with Crippen molar-refractivity contribution in [3.63, 3.8) is 0 Å². The first-order valence-electron chi connectivity index (χ1n) is 10.6. The number of hydrogen-bond donors (Lipinski definition) is 2. The van der Waals surface area contributed by atoms with E-state index in [9.17, 15) is 0 Å². The Morgan fingerprint density at radius 3 is 2.50 bits per heavy atom. The molecule has 0 amide bonds. The van der Waals surface area contributed by atoms with Crippen molar-refractivity contribution in [1.82, 2.24) is 19.8 Å². The SMILES string of the molecule is CN1CCN(CCNc2nc(NCCc3ccccc3Cl)nc3ccccc23)CC1. The van der Waals surface area contributed by atoms with Crippen LogP contribution in [0.5, 0.6) is 0 Å². The molecule has 0 radical (unpaired) electrons. The highest BCUT2D eigenvalue weighted by atomic mass is 35.5. The Hall–Kier alpha value is -2.41. The van der Waals surface area contributed by atoms with Gasteiger partial charge in [0.25, 0.3) is 0 Å². The zero-order valence-electron chi connectivity index (χ0n) is 17.4. The predicted molar refractivity (Wildman–Crippen MR) is 126 cm³/mol. The first kappa shape index (κ1) is 20.8. The number of fused-ring (bicyclic) bond motifs is 1. The molecule has 4 rings (SSSR count). The lowest BCUT2D eigenvalue weighted by atomic mass is 10.1. The van der Waals surface area contributed by atoms with Crippen LogP contribution in [0.25, 0.3) is 10.9 Å². The number of aromatic nitrogens is 2. The zero-order valence-corrected chi connectivity index (χ0v) is 18.2. The Kier molecular flexibility index (Phi) is 7.00. The number of anilines is 2. The van der Waals surface area contributed by atoms with Crippen molar-refractivity contribution in [2.24, 2.45) is 0 Å². The van der Waals surface area contributed by atoms with Crippen molar-refractivity contribution in [1.29, 1.82) is 0 Å². The number of likely N-dealkylation sites (N-methyl/N-ethyl adjacent to an activating group) is 1. The highest BCUT2D eigenvalue weighted by Gasteiger charge is 2.13. The zero-order chi connectivity index (χ0) is 20.8. The Morgan fingerprint density at radius 2 is 1.67 bits per heavy atom. The molecular weight excluding hydrogens is 396 g/mol. The topological polar surface area (TPSA) is 56.3 Å². The third-order valence-corrected chi connectivity index (χ3v) is 5.92. The van der Waals surface area contributed by atoms with Gasteiger partial charge in [0.15, 0.2) is 0 Å². The van der Waals surface area contributed by atoms with E-state index < -0.39 is 0 Å². The van der Waals surface area contributed by atoms with Gasteiger partial charge in [0.1, 0.15) is 5.82 Å². The normalized spacial score (nSPS) is 15.4. The molecule has 158 valence electrons. The second kappa shape index (κ2) is 10.1. The van der Waals surface area contributed by atoms with E-state index in [0.29, 0.717) is 5.95 Å². The summed E-state index contributed by atoms with van der Waals surface area (Å²) in [6, 6.07) is 16.1. The second-order valence-corrected chi connectivity index (χ2v) is 8.16. The predicted octanol–water partition coefficient (Wildman–Crippen LogP) is 3.60. The first-order valence-corrected chi connectivity index (χ1v) is 11.0. The van der Waals surface area contributed by atoms with Crippen molar-refractivity contribution >= 4 is 34.3 Å². The van der Waals surface area contributed by atoms with Crippen LogP contribution in [0.2, 0.25) is 5.02 Å². The third-order valence-electron chi connectivity index (χ3n) is 5.55. The van der Waals surface area contributed by atoms with E-state index >= 15 is 0 Å². The Bertz CT molecular complexity index is 971. The van der Waals surface area contributed by atoms with Crippen LogP contribution in [0.3, 0.4) is 0 Å². The summed E-state index contributed by atoms with van der Waals surface area (Å²) in [5, 5.41) is 8.74. The van der Waals surface area contributed by atoms with E-state index in [4.69, 9.17) is 16.6 Å². The van der Waals surface area contributed by atoms with E-state index in [1.54, 1.807) is 0 Å². The molecule has 0 atom stereocenters. The van der Waals surface area contributed by atoms with Gasteiger partial charge in [0.2, 0.25) is 5.95 Å². The van der Waals surface area contributed by atoms with Crippen molar-refractivity contribution in [3.8, 4) is 0 Å². The molecule has 2 N–H and O–H groups in total. The standard InChI is InChI=1S/C23H29ClN6/c1-29-14-16-30(17-15-29)13-12-25-22-19-7-3-5-9-21(19)27-23(28-22)26-11-10-18-6-2-4-8-20(18)24/h2-9H,10-17H2,1H3,(H2,25,26,27,28). The van der Waals surface area contributed by atoms with Crippen LogP contribution >= 0.6 is 11.6 Å². The van der Waals surface area contributed by atoms with Gasteiger partial charge in [-0.1, -0.05) is 41.9 Å². The monoisotopic (exact) mass is 424 g/mol. The minimum Gasteiger partial charge on any atom is -0.368 e. The van der Waals surface area contributed by atoms with Gasteiger partial charge in [-0.15, -0.1) is 0 Å². The number of halogens is 1. The van der Waals surface area contributed by atoms with Crippen LogP contribution in [-0.2, 0) is 6.42 Å². The first-order chi connectivity index (χ1) is 14.7. The lowest BCUT2D eigenvalue weighted by Gasteiger charge is -2.32. The molecule has 0 bridgehead atoms. The average Bonchev–Trinajstić information content (AvgIpc) is 2.76. The van der Waals surface area contributed by atoms with Crippen LogP contribution in [0, 0.1) is 0 Å². The molecule has 7 heteroatoms. The van der Waals surface area contributed by atoms with Gasteiger partial charge in [0, 0.05) is 56.2 Å². The van der Waals surface area contributed by atoms with Gasteiger partial charge in [0.05, 0.1) is 5.52 Å². The molecule has 2 heterocycles. The van der Waals surface area contributed by atoms with Crippen molar-refractivity contribution < 1.29 is 0 Å².